The zero-order valence-electron chi connectivity index (χ0n) is 44.0. The van der Waals surface area contributed by atoms with Crippen molar-refractivity contribution in [1.82, 2.24) is 0 Å². The van der Waals surface area contributed by atoms with E-state index in [9.17, 15) is 0 Å². The number of benzene rings is 4. The van der Waals surface area contributed by atoms with Crippen molar-refractivity contribution in [2.24, 2.45) is 17.8 Å². The van der Waals surface area contributed by atoms with Crippen LogP contribution in [0.5, 0.6) is 11.5 Å². The van der Waals surface area contributed by atoms with Gasteiger partial charge in [-0.05, 0) is 103 Å². The van der Waals surface area contributed by atoms with E-state index in [1.165, 1.54) is 138 Å². The fraction of sp³-hybridized carbons (Fsp3) is 0.600. The van der Waals surface area contributed by atoms with Gasteiger partial charge in [-0.15, -0.1) is 0 Å². The zero-order chi connectivity index (χ0) is 48.6. The van der Waals surface area contributed by atoms with Gasteiger partial charge in [-0.1, -0.05) is 231 Å². The van der Waals surface area contributed by atoms with Crippen LogP contribution in [0.2, 0.25) is 0 Å². The maximum Gasteiger partial charge on any atom is 0.397 e. The summed E-state index contributed by atoms with van der Waals surface area (Å²) in [6.45, 7) is 24.9. The lowest BCUT2D eigenvalue weighted by Gasteiger charge is -2.27. The maximum absolute atomic E-state index is 6.43. The molecule has 4 aromatic carbocycles. The van der Waals surface area contributed by atoms with E-state index >= 15 is 0 Å². The first kappa shape index (κ1) is 58.5. The Labute approximate surface area is 414 Å². The molecule has 374 valence electrons. The van der Waals surface area contributed by atoms with Crippen molar-refractivity contribution < 1.29 is 22.6 Å². The normalized spacial score (nSPS) is 13.8. The lowest BCUT2D eigenvalue weighted by atomic mass is 9.78. The summed E-state index contributed by atoms with van der Waals surface area (Å²) >= 11 is 0. The minimum atomic E-state index is -1.44. The standard InChI is InChI=1S/C35H57O3P.C25H37O2P/c1-7-11-14-20-30(18-9-3)28-36-39(37-29-31(19-10-4)21-15-12-8-2)38-34-26-24-33(25-27-34)35(5,6)32-22-16-13-17-23-32;1-5-7-9-13-21(12-6-2)20-26-28-27-24-18-16-23(17-19-24)25(3,4)22-14-10-8-11-15-22/h13,16-17,22-27,30-31H,7-12,14-15,18-21,28-29H2,1-6H3;8,10-11,14-19,21,28H,5-7,9,12-13,20H2,1-4H3. The van der Waals surface area contributed by atoms with Crippen LogP contribution in [0.15, 0.2) is 109 Å². The second kappa shape index (κ2) is 34.5. The van der Waals surface area contributed by atoms with Crippen LogP contribution in [-0.2, 0) is 24.4 Å². The maximum atomic E-state index is 6.43. The average molecular weight is 957 g/mol. The van der Waals surface area contributed by atoms with Crippen LogP contribution in [0.25, 0.3) is 0 Å². The summed E-state index contributed by atoms with van der Waals surface area (Å²) in [6, 6.07) is 38.3. The molecule has 0 N–H and O–H groups in total. The minimum Gasteiger partial charge on any atom is -0.450 e. The molecule has 5 nitrogen and oxygen atoms in total. The summed E-state index contributed by atoms with van der Waals surface area (Å²) in [5, 5.41) is 0. The van der Waals surface area contributed by atoms with Crippen LogP contribution in [-0.4, -0.2) is 19.8 Å². The number of rotatable bonds is 35. The first-order valence-electron chi connectivity index (χ1n) is 26.6. The predicted octanol–water partition coefficient (Wildman–Crippen LogP) is 19.6. The molecule has 0 fully saturated rings. The Hall–Kier alpha value is -2.78. The highest BCUT2D eigenvalue weighted by molar-refractivity contribution is 7.42. The molecule has 0 heterocycles. The molecule has 0 spiro atoms. The Bertz CT molecular complexity index is 1740. The van der Waals surface area contributed by atoms with Gasteiger partial charge < -0.3 is 22.6 Å². The minimum absolute atomic E-state index is 0.0234. The van der Waals surface area contributed by atoms with E-state index < -0.39 is 8.60 Å². The van der Waals surface area contributed by atoms with Crippen LogP contribution in [0.1, 0.15) is 207 Å². The summed E-state index contributed by atoms with van der Waals surface area (Å²) in [7, 11) is -1.37. The van der Waals surface area contributed by atoms with Gasteiger partial charge in [0.15, 0.2) is 0 Å². The van der Waals surface area contributed by atoms with E-state index in [1.807, 2.05) is 0 Å². The number of hydrogen-bond acceptors (Lipinski definition) is 5. The third-order valence-electron chi connectivity index (χ3n) is 13.4. The molecule has 0 amide bonds. The molecule has 0 saturated carbocycles. The highest BCUT2D eigenvalue weighted by atomic mass is 31.2. The van der Waals surface area contributed by atoms with Crippen molar-refractivity contribution in [3.8, 4) is 11.5 Å². The van der Waals surface area contributed by atoms with Crippen molar-refractivity contribution >= 4 is 17.6 Å². The lowest BCUT2D eigenvalue weighted by molar-refractivity contribution is 0.148. The van der Waals surface area contributed by atoms with E-state index in [0.29, 0.717) is 17.8 Å². The van der Waals surface area contributed by atoms with Crippen molar-refractivity contribution in [3.63, 3.8) is 0 Å². The second-order valence-corrected chi connectivity index (χ2v) is 21.7. The third kappa shape index (κ3) is 22.7. The van der Waals surface area contributed by atoms with Gasteiger partial charge in [0.05, 0.1) is 19.8 Å². The summed E-state index contributed by atoms with van der Waals surface area (Å²) in [4.78, 5) is 0. The number of hydrogen-bond donors (Lipinski definition) is 0. The van der Waals surface area contributed by atoms with Crippen molar-refractivity contribution in [3.05, 3.63) is 131 Å². The second-order valence-electron chi connectivity index (χ2n) is 19.9. The van der Waals surface area contributed by atoms with Gasteiger partial charge in [-0.25, -0.2) is 0 Å². The smallest absolute Gasteiger partial charge is 0.397 e. The van der Waals surface area contributed by atoms with Crippen LogP contribution in [0, 0.1) is 17.8 Å². The zero-order valence-corrected chi connectivity index (χ0v) is 45.9. The number of unbranched alkanes of at least 4 members (excludes halogenated alkanes) is 6. The van der Waals surface area contributed by atoms with Gasteiger partial charge in [0.1, 0.15) is 11.5 Å². The Balaban J connectivity index is 0.000000375. The third-order valence-corrected chi connectivity index (χ3v) is 15.1. The molecular formula is C60H94O5P2. The molecule has 0 radical (unpaired) electrons. The van der Waals surface area contributed by atoms with Gasteiger partial charge in [0.25, 0.3) is 0 Å². The highest BCUT2D eigenvalue weighted by Crippen LogP contribution is 2.44. The molecule has 4 aromatic rings. The molecule has 0 aliphatic heterocycles. The summed E-state index contributed by atoms with van der Waals surface area (Å²) in [5.41, 5.74) is 5.08. The van der Waals surface area contributed by atoms with Crippen molar-refractivity contribution in [2.75, 3.05) is 19.8 Å². The first-order chi connectivity index (χ1) is 32.5. The quantitative estimate of drug-likeness (QED) is 0.0340. The fourth-order valence-corrected chi connectivity index (χ4v) is 10.6. The van der Waals surface area contributed by atoms with Crippen molar-refractivity contribution in [2.45, 2.75) is 196 Å². The van der Waals surface area contributed by atoms with Crippen LogP contribution in [0.3, 0.4) is 0 Å². The van der Waals surface area contributed by atoms with Crippen LogP contribution in [0.4, 0.5) is 0 Å². The highest BCUT2D eigenvalue weighted by Gasteiger charge is 2.25. The average Bonchev–Trinajstić information content (AvgIpc) is 3.34. The molecule has 67 heavy (non-hydrogen) atoms. The lowest BCUT2D eigenvalue weighted by Crippen LogP contribution is -2.18. The van der Waals surface area contributed by atoms with Crippen LogP contribution >= 0.6 is 17.6 Å². The molecule has 0 aliphatic rings. The topological polar surface area (TPSA) is 46.2 Å². The van der Waals surface area contributed by atoms with E-state index in [-0.39, 0.29) is 19.9 Å². The fourth-order valence-electron chi connectivity index (χ4n) is 8.86. The summed E-state index contributed by atoms with van der Waals surface area (Å²) in [5.74, 6) is 3.52. The van der Waals surface area contributed by atoms with Gasteiger partial charge in [0.2, 0.25) is 9.03 Å². The molecule has 4 unspecified atom stereocenters. The Morgan fingerprint density at radius 1 is 0.403 bits per heavy atom. The van der Waals surface area contributed by atoms with E-state index in [1.54, 1.807) is 0 Å². The Morgan fingerprint density at radius 2 is 0.761 bits per heavy atom. The molecular weight excluding hydrogens is 863 g/mol. The molecule has 0 aromatic heterocycles. The van der Waals surface area contributed by atoms with Gasteiger partial charge in [-0.3, -0.25) is 0 Å². The monoisotopic (exact) mass is 957 g/mol. The van der Waals surface area contributed by atoms with E-state index in [2.05, 4.69) is 178 Å². The molecule has 0 saturated heterocycles. The molecule has 4 rings (SSSR count). The van der Waals surface area contributed by atoms with Gasteiger partial charge in [-0.2, -0.15) is 0 Å². The molecule has 0 aliphatic carbocycles. The molecule has 7 heteroatoms. The molecule has 0 bridgehead atoms. The van der Waals surface area contributed by atoms with E-state index in [4.69, 9.17) is 22.6 Å². The summed E-state index contributed by atoms with van der Waals surface area (Å²) < 4.78 is 31.0. The Kier molecular flexibility index (Phi) is 30.1. The van der Waals surface area contributed by atoms with Gasteiger partial charge in [0, 0.05) is 10.8 Å². The van der Waals surface area contributed by atoms with Gasteiger partial charge >= 0.3 is 8.60 Å². The van der Waals surface area contributed by atoms with Crippen LogP contribution < -0.4 is 9.05 Å². The Morgan fingerprint density at radius 3 is 1.13 bits per heavy atom. The first-order valence-corrected chi connectivity index (χ1v) is 28.5. The van der Waals surface area contributed by atoms with Crippen molar-refractivity contribution in [1.29, 1.82) is 0 Å². The molecule has 4 atom stereocenters. The SMILES string of the molecule is CCCCCC(CCC)COP(OCC(CCC)CCCCC)Oc1ccc(C(C)(C)c2ccccc2)cc1.CCCCCC(CCC)COPOc1ccc(C(C)(C)c2ccccc2)cc1. The predicted molar refractivity (Wildman–Crippen MR) is 292 cm³/mol. The largest absolute Gasteiger partial charge is 0.450 e. The summed E-state index contributed by atoms with van der Waals surface area (Å²) in [6.07, 6.45) is 22.5. The van der Waals surface area contributed by atoms with E-state index in [0.717, 1.165) is 31.3 Å².